The number of rotatable bonds is 62. The number of hydrogen-bond acceptors (Lipinski definition) is 14. The maximum Gasteiger partial charge on any atom is 0.472 e. The normalized spacial score (nSPS) is 14.9. The van der Waals surface area contributed by atoms with Crippen LogP contribution in [0.4, 0.5) is 0 Å². The third-order valence-electron chi connectivity index (χ3n) is 13.5. The maximum absolute atomic E-state index is 12.8. The lowest BCUT2D eigenvalue weighted by Gasteiger charge is -2.21. The number of aliphatic hydroxyl groups excluding tert-OH is 2. The lowest BCUT2D eigenvalue weighted by Crippen LogP contribution is -2.30. The Morgan fingerprint density at radius 1 is 0.329 bits per heavy atom. The van der Waals surface area contributed by atoms with Gasteiger partial charge in [-0.05, 0) is 109 Å². The summed E-state index contributed by atoms with van der Waals surface area (Å²) in [6, 6.07) is 0. The maximum atomic E-state index is 12.8. The molecular weight excluding hydrogens is 1120 g/mol. The van der Waals surface area contributed by atoms with Crippen LogP contribution in [0, 0.1) is 0 Å². The van der Waals surface area contributed by atoms with Crippen LogP contribution in [0.25, 0.3) is 0 Å². The van der Waals surface area contributed by atoms with Gasteiger partial charge >= 0.3 is 33.6 Å². The Morgan fingerprint density at radius 3 is 1.02 bits per heavy atom. The minimum Gasteiger partial charge on any atom is -0.463 e. The molecule has 0 saturated heterocycles. The lowest BCUT2D eigenvalue weighted by molar-refractivity contribution is -0.161. The monoisotopic (exact) mass is 1240 g/mol. The van der Waals surface area contributed by atoms with Gasteiger partial charge in [-0.3, -0.25) is 32.5 Å². The number of hydrogen-bond donors (Lipinski definition) is 4. The van der Waals surface area contributed by atoms with E-state index >= 15 is 0 Å². The van der Waals surface area contributed by atoms with Gasteiger partial charge in [0.15, 0.2) is 6.10 Å². The molecule has 5 unspecified atom stereocenters. The molecule has 16 nitrogen and oxygen atoms in total. The molecule has 0 aromatic rings. The lowest BCUT2D eigenvalue weighted by atomic mass is 10.1. The molecule has 0 aliphatic rings. The molecule has 0 amide bonds. The average Bonchev–Trinajstić information content (AvgIpc) is 3.60. The van der Waals surface area contributed by atoms with Gasteiger partial charge in [-0.15, -0.1) is 0 Å². The molecule has 5 atom stereocenters. The predicted octanol–water partition coefficient (Wildman–Crippen LogP) is 17.8. The van der Waals surface area contributed by atoms with E-state index in [4.69, 9.17) is 32.3 Å². The molecule has 0 bridgehead atoms. The molecule has 0 radical (unpaired) electrons. The van der Waals surface area contributed by atoms with Gasteiger partial charge in [0.05, 0.1) is 26.4 Å². The first-order valence-corrected chi connectivity index (χ1v) is 35.9. The van der Waals surface area contributed by atoms with Crippen LogP contribution in [-0.2, 0) is 55.8 Å². The first-order chi connectivity index (χ1) is 41.2. The van der Waals surface area contributed by atoms with Crippen molar-refractivity contribution in [2.24, 2.45) is 0 Å². The number of esters is 3. The molecule has 85 heavy (non-hydrogen) atoms. The SMILES string of the molecule is CCC/C=C\C/C=C\CCCCCCCC(=O)OCC(COP(=O)(O)OCC(O)COP(=O)(O)OCC(O)COC(=O)CCCCCCCCCCC/C=C\C/C=C\C/C=C\C/C=C\CCCCC)OC(=O)CCCCCCC/C=C\CCCC. The van der Waals surface area contributed by atoms with E-state index in [9.17, 15) is 43.5 Å². The Bertz CT molecular complexity index is 1900. The minimum absolute atomic E-state index is 0.0913. The van der Waals surface area contributed by atoms with Crippen molar-refractivity contribution in [1.29, 1.82) is 0 Å². The molecule has 4 N–H and O–H groups in total. The standard InChI is InChI=1S/C67H118O16P2/c1-4-7-10-13-16-19-22-24-25-26-27-28-29-30-31-32-33-34-35-37-40-41-44-47-50-53-65(70)77-56-62(68)57-79-84(73,74)80-58-63(69)59-81-85(75,76)82-61-64(83-67(72)55-52-49-46-43-38-21-18-15-12-9-6-3)60-78-66(71)54-51-48-45-42-39-36-23-20-17-14-11-8-5-2/h11,14-16,18-20,23-25,27-28,30-31,62-64,68-69H,4-10,12-13,17,21-22,26,29,32-61H2,1-3H3,(H,73,74)(H,75,76)/b14-11-,18-15-,19-16-,23-20-,25-24-,28-27-,31-30-. The Morgan fingerprint density at radius 2 is 0.624 bits per heavy atom. The van der Waals surface area contributed by atoms with Gasteiger partial charge in [-0.25, -0.2) is 9.13 Å². The van der Waals surface area contributed by atoms with Crippen LogP contribution in [0.1, 0.15) is 265 Å². The first-order valence-electron chi connectivity index (χ1n) is 32.9. The summed E-state index contributed by atoms with van der Waals surface area (Å²) in [5, 5.41) is 20.5. The van der Waals surface area contributed by atoms with Crippen molar-refractivity contribution in [2.75, 3.05) is 39.6 Å². The molecular formula is C67H118O16P2. The van der Waals surface area contributed by atoms with E-state index < -0.39 is 91.5 Å². The van der Waals surface area contributed by atoms with Gasteiger partial charge in [0.1, 0.15) is 25.4 Å². The van der Waals surface area contributed by atoms with Crippen LogP contribution in [-0.4, -0.2) is 95.9 Å². The Balaban J connectivity index is 4.48. The van der Waals surface area contributed by atoms with Gasteiger partial charge in [0.25, 0.3) is 0 Å². The molecule has 0 saturated carbocycles. The molecule has 18 heteroatoms. The molecule has 0 aromatic heterocycles. The van der Waals surface area contributed by atoms with Crippen LogP contribution >= 0.6 is 15.6 Å². The van der Waals surface area contributed by atoms with E-state index in [0.29, 0.717) is 19.3 Å². The number of phosphoric ester groups is 2. The van der Waals surface area contributed by atoms with E-state index in [2.05, 4.69) is 106 Å². The fourth-order valence-electron chi connectivity index (χ4n) is 8.45. The van der Waals surface area contributed by atoms with E-state index in [1.165, 1.54) is 64.2 Å². The Hall–Kier alpha value is -3.27. The molecule has 0 aromatic carbocycles. The van der Waals surface area contributed by atoms with Gasteiger partial charge < -0.3 is 34.2 Å². The number of carbonyl (C=O) groups excluding carboxylic acids is 3. The van der Waals surface area contributed by atoms with Crippen molar-refractivity contribution in [1.82, 2.24) is 0 Å². The Labute approximate surface area is 515 Å². The van der Waals surface area contributed by atoms with Crippen molar-refractivity contribution >= 4 is 33.6 Å². The predicted molar refractivity (Wildman–Crippen MR) is 344 cm³/mol. The van der Waals surface area contributed by atoms with E-state index in [1.807, 2.05) is 0 Å². The third kappa shape index (κ3) is 62.1. The molecule has 0 aliphatic heterocycles. The second-order valence-electron chi connectivity index (χ2n) is 21.9. The van der Waals surface area contributed by atoms with Crippen LogP contribution in [0.3, 0.4) is 0 Å². The highest BCUT2D eigenvalue weighted by molar-refractivity contribution is 7.47. The quantitative estimate of drug-likeness (QED) is 0.0146. The summed E-state index contributed by atoms with van der Waals surface area (Å²) < 4.78 is 60.7. The highest BCUT2D eigenvalue weighted by Crippen LogP contribution is 2.45. The van der Waals surface area contributed by atoms with Gasteiger partial charge in [0, 0.05) is 19.3 Å². The van der Waals surface area contributed by atoms with Crippen molar-refractivity contribution in [2.45, 2.75) is 283 Å². The fraction of sp³-hybridized carbons (Fsp3) is 0.746. The molecule has 0 spiro atoms. The number of phosphoric acid groups is 2. The zero-order chi connectivity index (χ0) is 62.4. The number of unbranched alkanes of at least 4 members (excludes halogenated alkanes) is 25. The molecule has 0 aliphatic carbocycles. The minimum atomic E-state index is -4.92. The summed E-state index contributed by atoms with van der Waals surface area (Å²) >= 11 is 0. The van der Waals surface area contributed by atoms with Crippen LogP contribution in [0.2, 0.25) is 0 Å². The average molecular weight is 1240 g/mol. The summed E-state index contributed by atoms with van der Waals surface area (Å²) in [6.07, 6.45) is 63.7. The second kappa shape index (κ2) is 61.0. The van der Waals surface area contributed by atoms with E-state index in [0.717, 1.165) is 141 Å². The van der Waals surface area contributed by atoms with Crippen molar-refractivity contribution in [3.8, 4) is 0 Å². The molecule has 492 valence electrons. The second-order valence-corrected chi connectivity index (χ2v) is 24.8. The van der Waals surface area contributed by atoms with Crippen LogP contribution < -0.4 is 0 Å². The number of aliphatic hydroxyl groups is 2. The number of allylic oxidation sites excluding steroid dienone is 14. The summed E-state index contributed by atoms with van der Waals surface area (Å²) in [4.78, 5) is 58.1. The zero-order valence-electron chi connectivity index (χ0n) is 53.0. The van der Waals surface area contributed by atoms with Crippen LogP contribution in [0.15, 0.2) is 85.1 Å². The van der Waals surface area contributed by atoms with Crippen LogP contribution in [0.5, 0.6) is 0 Å². The summed E-state index contributed by atoms with van der Waals surface area (Å²) in [7, 11) is -9.77. The summed E-state index contributed by atoms with van der Waals surface area (Å²) in [5.74, 6) is -1.61. The van der Waals surface area contributed by atoms with E-state index in [1.54, 1.807) is 0 Å². The van der Waals surface area contributed by atoms with E-state index in [-0.39, 0.29) is 19.3 Å². The topological polar surface area (TPSA) is 231 Å². The van der Waals surface area contributed by atoms with Gasteiger partial charge in [0.2, 0.25) is 0 Å². The van der Waals surface area contributed by atoms with Crippen molar-refractivity contribution in [3.63, 3.8) is 0 Å². The third-order valence-corrected chi connectivity index (χ3v) is 15.4. The van der Waals surface area contributed by atoms with Crippen molar-refractivity contribution in [3.05, 3.63) is 85.1 Å². The summed E-state index contributed by atoms with van der Waals surface area (Å²) in [5.41, 5.74) is 0. The molecule has 0 fully saturated rings. The highest BCUT2D eigenvalue weighted by atomic mass is 31.2. The number of ether oxygens (including phenoxy) is 3. The van der Waals surface area contributed by atoms with Crippen molar-refractivity contribution < 1.29 is 75.8 Å². The smallest absolute Gasteiger partial charge is 0.463 e. The molecule has 0 heterocycles. The fourth-order valence-corrected chi connectivity index (χ4v) is 10.0. The zero-order valence-corrected chi connectivity index (χ0v) is 54.8. The largest absolute Gasteiger partial charge is 0.472 e. The Kier molecular flexibility index (Phi) is 58.6. The number of carbonyl (C=O) groups is 3. The van der Waals surface area contributed by atoms with Gasteiger partial charge in [-0.1, -0.05) is 221 Å². The highest BCUT2D eigenvalue weighted by Gasteiger charge is 2.29. The first kappa shape index (κ1) is 81.7. The molecule has 0 rings (SSSR count). The van der Waals surface area contributed by atoms with Gasteiger partial charge in [-0.2, -0.15) is 0 Å². The summed E-state index contributed by atoms with van der Waals surface area (Å²) in [6.45, 7) is 2.49.